The van der Waals surface area contributed by atoms with Crippen LogP contribution in [0.4, 0.5) is 5.69 Å². The second kappa shape index (κ2) is 5.52. The predicted molar refractivity (Wildman–Crippen MR) is 70.9 cm³/mol. The Morgan fingerprint density at radius 2 is 2.24 bits per heavy atom. The van der Waals surface area contributed by atoms with E-state index in [0.717, 1.165) is 29.6 Å². The van der Waals surface area contributed by atoms with Crippen LogP contribution in [0, 0.1) is 11.3 Å². The minimum atomic E-state index is 0.403. The van der Waals surface area contributed by atoms with Crippen molar-refractivity contribution < 1.29 is 4.74 Å². The van der Waals surface area contributed by atoms with Gasteiger partial charge in [-0.2, -0.15) is 5.26 Å². The molecule has 1 aliphatic rings. The fourth-order valence-corrected chi connectivity index (χ4v) is 2.52. The highest BCUT2D eigenvalue weighted by Crippen LogP contribution is 2.28. The van der Waals surface area contributed by atoms with Crippen molar-refractivity contribution in [1.29, 1.82) is 5.26 Å². The lowest BCUT2D eigenvalue weighted by atomic mass is 9.89. The molecule has 90 valence electrons. The van der Waals surface area contributed by atoms with Crippen LogP contribution < -0.4 is 5.32 Å². The van der Waals surface area contributed by atoms with E-state index in [1.54, 1.807) is 0 Å². The molecule has 3 nitrogen and oxygen atoms in total. The number of rotatable bonds is 4. The second-order valence-corrected chi connectivity index (χ2v) is 5.15. The van der Waals surface area contributed by atoms with Crippen molar-refractivity contribution in [2.75, 3.05) is 11.9 Å². The molecule has 0 heterocycles. The van der Waals surface area contributed by atoms with Crippen LogP contribution >= 0.6 is 15.9 Å². The molecule has 0 bridgehead atoms. The molecule has 4 heteroatoms. The maximum Gasteiger partial charge on any atom is 0.0992 e. The summed E-state index contributed by atoms with van der Waals surface area (Å²) in [5, 5.41) is 12.3. The van der Waals surface area contributed by atoms with E-state index < -0.39 is 0 Å². The molecule has 1 aromatic carbocycles. The van der Waals surface area contributed by atoms with E-state index in [9.17, 15) is 0 Å². The third-order valence-electron chi connectivity index (χ3n) is 2.89. The van der Waals surface area contributed by atoms with Crippen molar-refractivity contribution in [3.05, 3.63) is 28.2 Å². The summed E-state index contributed by atoms with van der Waals surface area (Å²) in [6.07, 6.45) is 2.49. The quantitative estimate of drug-likeness (QED) is 0.927. The summed E-state index contributed by atoms with van der Waals surface area (Å²) in [6, 6.07) is 8.30. The van der Waals surface area contributed by atoms with Crippen molar-refractivity contribution in [2.24, 2.45) is 0 Å². The number of ether oxygens (including phenoxy) is 1. The minimum absolute atomic E-state index is 0.403. The van der Waals surface area contributed by atoms with Gasteiger partial charge >= 0.3 is 0 Å². The zero-order valence-electron chi connectivity index (χ0n) is 9.74. The molecular weight excluding hydrogens is 280 g/mol. The van der Waals surface area contributed by atoms with Crippen LogP contribution in [0.3, 0.4) is 0 Å². The third-order valence-corrected chi connectivity index (χ3v) is 3.35. The van der Waals surface area contributed by atoms with Crippen LogP contribution in [0.5, 0.6) is 0 Å². The van der Waals surface area contributed by atoms with E-state index in [2.05, 4.69) is 27.3 Å². The highest BCUT2D eigenvalue weighted by molar-refractivity contribution is 9.10. The van der Waals surface area contributed by atoms with Gasteiger partial charge in [-0.15, -0.1) is 0 Å². The zero-order valence-corrected chi connectivity index (χ0v) is 11.3. The van der Waals surface area contributed by atoms with Gasteiger partial charge in [-0.3, -0.25) is 0 Å². The van der Waals surface area contributed by atoms with Crippen LogP contribution in [0.1, 0.15) is 25.3 Å². The molecule has 0 spiro atoms. The van der Waals surface area contributed by atoms with E-state index in [0.29, 0.717) is 17.7 Å². The Kier molecular flexibility index (Phi) is 4.03. The molecule has 1 fully saturated rings. The van der Waals surface area contributed by atoms with Crippen molar-refractivity contribution in [1.82, 2.24) is 0 Å². The average Bonchev–Trinajstić information content (AvgIpc) is 2.25. The van der Waals surface area contributed by atoms with Gasteiger partial charge in [0, 0.05) is 22.8 Å². The third kappa shape index (κ3) is 3.21. The Morgan fingerprint density at radius 3 is 2.88 bits per heavy atom. The van der Waals surface area contributed by atoms with Gasteiger partial charge in [0.05, 0.1) is 17.7 Å². The first kappa shape index (κ1) is 12.4. The maximum atomic E-state index is 8.89. The van der Waals surface area contributed by atoms with Crippen molar-refractivity contribution in [2.45, 2.75) is 31.9 Å². The molecule has 1 aromatic rings. The largest absolute Gasteiger partial charge is 0.382 e. The lowest BCUT2D eigenvalue weighted by molar-refractivity contribution is 0.00299. The number of anilines is 1. The van der Waals surface area contributed by atoms with E-state index in [4.69, 9.17) is 10.00 Å². The molecule has 17 heavy (non-hydrogen) atoms. The molecule has 0 aliphatic heterocycles. The van der Waals surface area contributed by atoms with Gasteiger partial charge < -0.3 is 10.1 Å². The van der Waals surface area contributed by atoms with Gasteiger partial charge in [0.2, 0.25) is 0 Å². The van der Waals surface area contributed by atoms with Crippen molar-refractivity contribution in [3.8, 4) is 6.07 Å². The van der Waals surface area contributed by atoms with Gasteiger partial charge in [-0.1, -0.05) is 15.9 Å². The van der Waals surface area contributed by atoms with Gasteiger partial charge in [0.1, 0.15) is 0 Å². The summed E-state index contributed by atoms with van der Waals surface area (Å²) in [5.74, 6) is 0. The van der Waals surface area contributed by atoms with Crippen LogP contribution in [-0.4, -0.2) is 18.8 Å². The van der Waals surface area contributed by atoms with Crippen LogP contribution in [0.2, 0.25) is 0 Å². The van der Waals surface area contributed by atoms with Crippen molar-refractivity contribution >= 4 is 21.6 Å². The highest BCUT2D eigenvalue weighted by atomic mass is 79.9. The average molecular weight is 295 g/mol. The first-order valence-corrected chi connectivity index (χ1v) is 6.59. The van der Waals surface area contributed by atoms with Gasteiger partial charge in [-0.25, -0.2) is 0 Å². The van der Waals surface area contributed by atoms with Crippen LogP contribution in [0.15, 0.2) is 22.7 Å². The van der Waals surface area contributed by atoms with E-state index >= 15 is 0 Å². The zero-order chi connectivity index (χ0) is 12.3. The smallest absolute Gasteiger partial charge is 0.0992 e. The highest BCUT2D eigenvalue weighted by Gasteiger charge is 2.29. The number of halogens is 1. The molecule has 1 aliphatic carbocycles. The van der Waals surface area contributed by atoms with Crippen molar-refractivity contribution in [3.63, 3.8) is 0 Å². The number of hydrogen-bond acceptors (Lipinski definition) is 3. The summed E-state index contributed by atoms with van der Waals surface area (Å²) in [6.45, 7) is 2.81. The Bertz CT molecular complexity index is 436. The lowest BCUT2D eigenvalue weighted by Crippen LogP contribution is -2.40. The minimum Gasteiger partial charge on any atom is -0.382 e. The first-order chi connectivity index (χ1) is 8.21. The SMILES string of the molecule is CCOC1CC(Nc2cc(Br)cc(C#N)c2)C1. The van der Waals surface area contributed by atoms with Gasteiger partial charge in [0.15, 0.2) is 0 Å². The topological polar surface area (TPSA) is 45.0 Å². The monoisotopic (exact) mass is 294 g/mol. The van der Waals surface area contributed by atoms with E-state index in [1.165, 1.54) is 0 Å². The summed E-state index contributed by atoms with van der Waals surface area (Å²) < 4.78 is 6.44. The predicted octanol–water partition coefficient (Wildman–Crippen LogP) is 3.30. The normalized spacial score (nSPS) is 22.6. The van der Waals surface area contributed by atoms with E-state index in [-0.39, 0.29) is 0 Å². The van der Waals surface area contributed by atoms with E-state index in [1.807, 2.05) is 25.1 Å². The summed E-state index contributed by atoms with van der Waals surface area (Å²) >= 11 is 3.40. The van der Waals surface area contributed by atoms with Gasteiger partial charge in [0.25, 0.3) is 0 Å². The lowest BCUT2D eigenvalue weighted by Gasteiger charge is -2.36. The Hall–Kier alpha value is -1.05. The molecule has 0 atom stereocenters. The molecule has 2 rings (SSSR count). The first-order valence-electron chi connectivity index (χ1n) is 5.80. The molecule has 0 amide bonds. The number of benzene rings is 1. The summed E-state index contributed by atoms with van der Waals surface area (Å²) in [7, 11) is 0. The standard InChI is InChI=1S/C13H15BrN2O/c1-2-17-13-6-12(7-13)16-11-4-9(8-15)3-10(14)5-11/h3-5,12-13,16H,2,6-7H2,1H3. The molecule has 0 saturated heterocycles. The van der Waals surface area contributed by atoms with Gasteiger partial charge in [-0.05, 0) is 38.0 Å². The number of hydrogen-bond donors (Lipinski definition) is 1. The fraction of sp³-hybridized carbons (Fsp3) is 0.462. The molecule has 1 N–H and O–H groups in total. The number of nitrogens with zero attached hydrogens (tertiary/aromatic N) is 1. The Balaban J connectivity index is 1.92. The number of nitrogens with one attached hydrogen (secondary N) is 1. The molecule has 0 radical (unpaired) electrons. The molecule has 0 aromatic heterocycles. The second-order valence-electron chi connectivity index (χ2n) is 4.23. The van der Waals surface area contributed by atoms with Crippen LogP contribution in [-0.2, 0) is 4.74 Å². The molecule has 0 unspecified atom stereocenters. The fourth-order valence-electron chi connectivity index (χ4n) is 2.03. The Morgan fingerprint density at radius 1 is 1.47 bits per heavy atom. The summed E-state index contributed by atoms with van der Waals surface area (Å²) in [4.78, 5) is 0. The Labute approximate surface area is 110 Å². The summed E-state index contributed by atoms with van der Waals surface area (Å²) in [5.41, 5.74) is 1.67. The maximum absolute atomic E-state index is 8.89. The molecule has 1 saturated carbocycles. The molecular formula is C13H15BrN2O. The van der Waals surface area contributed by atoms with Crippen LogP contribution in [0.25, 0.3) is 0 Å². The number of nitriles is 1.